The number of anilines is 1. The molecule has 4 aliphatic rings. The van der Waals surface area contributed by atoms with E-state index in [1.54, 1.807) is 49.6 Å². The number of amides is 2. The molecule has 2 amide bonds. The van der Waals surface area contributed by atoms with E-state index in [0.29, 0.717) is 66.3 Å². The van der Waals surface area contributed by atoms with Crippen molar-refractivity contribution >= 4 is 28.4 Å². The number of ether oxygens (including phenoxy) is 3. The molecule has 1 aromatic heterocycles. The lowest BCUT2D eigenvalue weighted by atomic mass is 9.39. The second kappa shape index (κ2) is 7.84. The second-order valence-electron chi connectivity index (χ2n) is 10.4. The molecule has 2 aromatic carbocycles. The lowest BCUT2D eigenvalue weighted by Gasteiger charge is -2.70. The fourth-order valence-corrected chi connectivity index (χ4v) is 5.93. The van der Waals surface area contributed by atoms with Crippen LogP contribution >= 0.6 is 0 Å². The van der Waals surface area contributed by atoms with E-state index in [-0.39, 0.29) is 11.3 Å². The van der Waals surface area contributed by atoms with Gasteiger partial charge in [-0.1, -0.05) is 0 Å². The molecule has 7 rings (SSSR count). The summed E-state index contributed by atoms with van der Waals surface area (Å²) in [7, 11) is 3.14. The summed E-state index contributed by atoms with van der Waals surface area (Å²) in [4.78, 5) is 31.9. The predicted molar refractivity (Wildman–Crippen MR) is 134 cm³/mol. The zero-order valence-corrected chi connectivity index (χ0v) is 20.6. The van der Waals surface area contributed by atoms with Crippen molar-refractivity contribution in [1.82, 2.24) is 4.98 Å². The van der Waals surface area contributed by atoms with Gasteiger partial charge in [-0.05, 0) is 68.5 Å². The van der Waals surface area contributed by atoms with Gasteiger partial charge >= 0.3 is 0 Å². The lowest BCUT2D eigenvalue weighted by Crippen LogP contribution is -2.76. The molecule has 0 spiro atoms. The van der Waals surface area contributed by atoms with E-state index in [2.05, 4.69) is 11.1 Å². The molecule has 0 unspecified atom stereocenters. The van der Waals surface area contributed by atoms with Gasteiger partial charge in [-0.25, -0.2) is 0 Å². The topological polar surface area (TPSA) is 128 Å². The zero-order chi connectivity index (χ0) is 26.0. The fourth-order valence-electron chi connectivity index (χ4n) is 5.93. The Morgan fingerprint density at radius 3 is 2.22 bits per heavy atom. The molecule has 0 aliphatic heterocycles. The van der Waals surface area contributed by atoms with Gasteiger partial charge in [-0.15, -0.1) is 0 Å². The first-order valence-corrected chi connectivity index (χ1v) is 12.1. The van der Waals surface area contributed by atoms with Crippen molar-refractivity contribution in [2.24, 2.45) is 16.6 Å². The van der Waals surface area contributed by atoms with Crippen molar-refractivity contribution in [1.29, 1.82) is 5.26 Å². The van der Waals surface area contributed by atoms with E-state index in [1.165, 1.54) is 0 Å². The van der Waals surface area contributed by atoms with Crippen LogP contribution in [0.5, 0.6) is 23.0 Å². The van der Waals surface area contributed by atoms with Crippen LogP contribution in [0, 0.1) is 22.2 Å². The third-order valence-corrected chi connectivity index (χ3v) is 8.08. The van der Waals surface area contributed by atoms with Crippen molar-refractivity contribution in [2.75, 3.05) is 19.1 Å². The number of aromatic nitrogens is 1. The highest BCUT2D eigenvalue weighted by Gasteiger charge is 2.74. The fraction of sp³-hybridized carbons (Fsp3) is 0.357. The molecule has 4 saturated carbocycles. The van der Waals surface area contributed by atoms with Crippen molar-refractivity contribution in [3.8, 4) is 29.1 Å². The first-order chi connectivity index (χ1) is 17.8. The Morgan fingerprint density at radius 1 is 1.00 bits per heavy atom. The third-order valence-electron chi connectivity index (χ3n) is 8.08. The highest BCUT2D eigenvalue weighted by Crippen LogP contribution is 2.70. The maximum absolute atomic E-state index is 13.6. The predicted octanol–water partition coefficient (Wildman–Crippen LogP) is 4.09. The summed E-state index contributed by atoms with van der Waals surface area (Å²) in [5.41, 5.74) is 5.07. The summed E-state index contributed by atoms with van der Waals surface area (Å²) in [6.45, 7) is 0. The van der Waals surface area contributed by atoms with Crippen molar-refractivity contribution < 1.29 is 23.8 Å². The zero-order valence-electron chi connectivity index (χ0n) is 20.6. The number of hydrogen-bond acceptors (Lipinski definition) is 7. The molecular formula is C28H26N4O5. The van der Waals surface area contributed by atoms with Gasteiger partial charge in [-0.3, -0.25) is 14.6 Å². The second-order valence-corrected chi connectivity index (χ2v) is 10.4. The molecule has 9 heteroatoms. The van der Waals surface area contributed by atoms with Crippen LogP contribution in [0.3, 0.4) is 0 Å². The van der Waals surface area contributed by atoms with E-state index in [9.17, 15) is 14.9 Å². The summed E-state index contributed by atoms with van der Waals surface area (Å²) in [6, 6.07) is 15.0. The van der Waals surface area contributed by atoms with Crippen LogP contribution in [0.2, 0.25) is 0 Å². The monoisotopic (exact) mass is 498 g/mol. The molecule has 2 bridgehead atoms. The first-order valence-electron chi connectivity index (χ1n) is 12.1. The molecular weight excluding hydrogens is 472 g/mol. The molecule has 4 aliphatic carbocycles. The molecule has 1 heterocycles. The minimum absolute atomic E-state index is 0.263. The SMILES string of the molecule is COc1cc2nccc(Oc3ccc(N(C(=O)C4(C(N)=O)CC4)C45CC(C#N)(C4)C5)cc3)c2cc1OC. The van der Waals surface area contributed by atoms with Gasteiger partial charge in [0.25, 0.3) is 0 Å². The summed E-state index contributed by atoms with van der Waals surface area (Å²) in [5.74, 6) is 1.45. The Kier molecular flexibility index (Phi) is 4.89. The lowest BCUT2D eigenvalue weighted by molar-refractivity contribution is -0.142. The van der Waals surface area contributed by atoms with E-state index in [1.807, 2.05) is 18.2 Å². The van der Waals surface area contributed by atoms with Gasteiger partial charge in [-0.2, -0.15) is 5.26 Å². The molecule has 2 N–H and O–H groups in total. The number of hydrogen-bond donors (Lipinski definition) is 1. The number of methoxy groups -OCH3 is 2. The number of benzene rings is 2. The van der Waals surface area contributed by atoms with Crippen LogP contribution in [-0.2, 0) is 9.59 Å². The number of fused-ring (bicyclic) bond motifs is 1. The van der Waals surface area contributed by atoms with Gasteiger partial charge in [0.2, 0.25) is 11.8 Å². The number of carbonyl (C=O) groups excluding carboxylic acids is 2. The molecule has 3 aromatic rings. The minimum atomic E-state index is -1.14. The Balaban J connectivity index is 1.31. The van der Waals surface area contributed by atoms with Crippen LogP contribution in [0.25, 0.3) is 10.9 Å². The standard InChI is InChI=1S/C28H26N4O5/c1-35-22-11-19-20(12-23(22)36-2)31-10-7-21(19)37-18-5-3-17(4-6-18)32(25(34)28(8-9-28)24(30)33)27-13-26(14-27,15-27)16-29/h3-7,10-12H,8-9,13-15H2,1-2H3,(H2,30,33). The Morgan fingerprint density at radius 2 is 1.65 bits per heavy atom. The molecule has 0 saturated heterocycles. The first kappa shape index (κ1) is 23.1. The number of rotatable bonds is 8. The minimum Gasteiger partial charge on any atom is -0.493 e. The average Bonchev–Trinajstić information content (AvgIpc) is 3.67. The normalized spacial score (nSPS) is 24.1. The average molecular weight is 499 g/mol. The smallest absolute Gasteiger partial charge is 0.243 e. The largest absolute Gasteiger partial charge is 0.493 e. The Bertz CT molecular complexity index is 1470. The summed E-state index contributed by atoms with van der Waals surface area (Å²) in [6.07, 6.45) is 4.42. The van der Waals surface area contributed by atoms with Crippen LogP contribution in [0.1, 0.15) is 32.1 Å². The van der Waals surface area contributed by atoms with Crippen LogP contribution in [0.4, 0.5) is 5.69 Å². The molecule has 4 fully saturated rings. The Hall–Kier alpha value is -4.32. The van der Waals surface area contributed by atoms with E-state index >= 15 is 0 Å². The number of nitriles is 1. The van der Waals surface area contributed by atoms with Gasteiger partial charge in [0.1, 0.15) is 16.9 Å². The molecule has 37 heavy (non-hydrogen) atoms. The molecule has 0 atom stereocenters. The van der Waals surface area contributed by atoms with Crippen molar-refractivity contribution in [2.45, 2.75) is 37.6 Å². The highest BCUT2D eigenvalue weighted by molar-refractivity contribution is 6.14. The maximum atomic E-state index is 13.6. The van der Waals surface area contributed by atoms with E-state index in [4.69, 9.17) is 19.9 Å². The van der Waals surface area contributed by atoms with Crippen LogP contribution in [-0.4, -0.2) is 36.6 Å². The Labute approximate surface area is 213 Å². The van der Waals surface area contributed by atoms with Crippen molar-refractivity contribution in [3.63, 3.8) is 0 Å². The number of nitrogens with zero attached hydrogens (tertiary/aromatic N) is 3. The number of nitrogens with two attached hydrogens (primary N) is 1. The summed E-state index contributed by atoms with van der Waals surface area (Å²) >= 11 is 0. The highest BCUT2D eigenvalue weighted by atomic mass is 16.5. The van der Waals surface area contributed by atoms with Gasteiger partial charge in [0.05, 0.1) is 36.8 Å². The van der Waals surface area contributed by atoms with Crippen molar-refractivity contribution in [3.05, 3.63) is 48.7 Å². The molecule has 9 nitrogen and oxygen atoms in total. The quantitative estimate of drug-likeness (QED) is 0.463. The summed E-state index contributed by atoms with van der Waals surface area (Å²) in [5, 5.41) is 10.3. The van der Waals surface area contributed by atoms with Gasteiger partial charge < -0.3 is 24.8 Å². The van der Waals surface area contributed by atoms with Crippen LogP contribution < -0.4 is 24.8 Å². The van der Waals surface area contributed by atoms with Gasteiger partial charge in [0, 0.05) is 23.3 Å². The maximum Gasteiger partial charge on any atom is 0.243 e. The molecule has 188 valence electrons. The number of primary amides is 1. The summed E-state index contributed by atoms with van der Waals surface area (Å²) < 4.78 is 17.0. The van der Waals surface area contributed by atoms with Crippen LogP contribution in [0.15, 0.2) is 48.7 Å². The van der Waals surface area contributed by atoms with E-state index < -0.39 is 16.9 Å². The molecule has 0 radical (unpaired) electrons. The third kappa shape index (κ3) is 3.32. The van der Waals surface area contributed by atoms with Gasteiger partial charge in [0.15, 0.2) is 11.5 Å². The van der Waals surface area contributed by atoms with E-state index in [0.717, 1.165) is 5.39 Å². The number of carbonyl (C=O) groups is 2. The number of pyridine rings is 1.